The molecule has 0 aliphatic heterocycles. The second kappa shape index (κ2) is 5.49. The van der Waals surface area contributed by atoms with Gasteiger partial charge in [0.25, 0.3) is 0 Å². The van der Waals surface area contributed by atoms with Crippen molar-refractivity contribution in [3.8, 4) is 0 Å². The highest BCUT2D eigenvalue weighted by molar-refractivity contribution is 7.11. The van der Waals surface area contributed by atoms with Crippen LogP contribution in [-0.4, -0.2) is 0 Å². The van der Waals surface area contributed by atoms with E-state index in [0.717, 1.165) is 0 Å². The number of allylic oxidation sites excluding steroid dienone is 4. The Morgan fingerprint density at radius 1 is 0.938 bits per heavy atom. The maximum Gasteiger partial charge on any atom is 0.00513 e. The zero-order valence-electron chi connectivity index (χ0n) is 10.3. The molecule has 1 aromatic heterocycles. The Bertz CT molecular complexity index is 407. The highest BCUT2D eigenvalue weighted by Gasteiger charge is 2.07. The predicted molar refractivity (Wildman–Crippen MR) is 73.1 cm³/mol. The van der Waals surface area contributed by atoms with Crippen LogP contribution in [0, 0.1) is 0 Å². The first-order valence-corrected chi connectivity index (χ1v) is 7.08. The van der Waals surface area contributed by atoms with Gasteiger partial charge in [0.1, 0.15) is 0 Å². The summed E-state index contributed by atoms with van der Waals surface area (Å²) in [5.74, 6) is 0. The molecule has 1 aromatic rings. The van der Waals surface area contributed by atoms with Crippen molar-refractivity contribution in [2.45, 2.75) is 46.0 Å². The van der Waals surface area contributed by atoms with Gasteiger partial charge in [-0.25, -0.2) is 0 Å². The quantitative estimate of drug-likeness (QED) is 0.676. The van der Waals surface area contributed by atoms with Gasteiger partial charge in [-0.05, 0) is 44.2 Å². The van der Waals surface area contributed by atoms with Gasteiger partial charge in [-0.1, -0.05) is 37.1 Å². The van der Waals surface area contributed by atoms with E-state index in [-0.39, 0.29) is 0 Å². The minimum absolute atomic E-state index is 1.18. The molecule has 1 aliphatic rings. The van der Waals surface area contributed by atoms with Crippen LogP contribution < -0.4 is 0 Å². The molecular weight excluding hydrogens is 212 g/mol. The van der Waals surface area contributed by atoms with E-state index >= 15 is 0 Å². The molecule has 0 spiro atoms. The first-order valence-electron chi connectivity index (χ1n) is 6.27. The fraction of sp³-hybridized carbons (Fsp3) is 0.467. The van der Waals surface area contributed by atoms with Gasteiger partial charge in [-0.15, -0.1) is 11.3 Å². The second-order valence-corrected chi connectivity index (χ2v) is 5.65. The van der Waals surface area contributed by atoms with E-state index in [1.807, 2.05) is 11.3 Å². The molecule has 16 heavy (non-hydrogen) atoms. The summed E-state index contributed by atoms with van der Waals surface area (Å²) in [5, 5.41) is 0. The number of hydrogen-bond acceptors (Lipinski definition) is 1. The fourth-order valence-electron chi connectivity index (χ4n) is 2.09. The molecule has 0 aromatic carbocycles. The Morgan fingerprint density at radius 2 is 1.69 bits per heavy atom. The maximum absolute atomic E-state index is 2.33. The number of thiophene rings is 1. The van der Waals surface area contributed by atoms with Crippen molar-refractivity contribution in [3.63, 3.8) is 0 Å². The number of aryl methyl sites for hydroxylation is 2. The molecule has 0 atom stereocenters. The number of hydrogen-bond donors (Lipinski definition) is 0. The van der Waals surface area contributed by atoms with Crippen LogP contribution in [0.1, 0.15) is 42.9 Å². The summed E-state index contributed by atoms with van der Waals surface area (Å²) >= 11 is 1.98. The first kappa shape index (κ1) is 11.7. The summed E-state index contributed by atoms with van der Waals surface area (Å²) in [6.45, 7) is 4.47. The van der Waals surface area contributed by atoms with Crippen LogP contribution in [0.4, 0.5) is 0 Å². The molecule has 0 nitrogen and oxygen atoms in total. The summed E-state index contributed by atoms with van der Waals surface area (Å²) in [6, 6.07) is 4.58. The van der Waals surface area contributed by atoms with Gasteiger partial charge in [0.15, 0.2) is 0 Å². The monoisotopic (exact) mass is 232 g/mol. The first-order chi connectivity index (χ1) is 7.81. The van der Waals surface area contributed by atoms with Gasteiger partial charge >= 0.3 is 0 Å². The summed E-state index contributed by atoms with van der Waals surface area (Å²) in [7, 11) is 0. The van der Waals surface area contributed by atoms with E-state index in [4.69, 9.17) is 0 Å². The molecular formula is C15H20S. The molecule has 0 N–H and O–H groups in total. The Hall–Kier alpha value is -0.820. The third-order valence-electron chi connectivity index (χ3n) is 3.22. The van der Waals surface area contributed by atoms with Crippen LogP contribution in [0.2, 0.25) is 0 Å². The van der Waals surface area contributed by atoms with Gasteiger partial charge in [0.05, 0.1) is 0 Å². The van der Waals surface area contributed by atoms with Crippen LogP contribution in [0.25, 0.3) is 0 Å². The van der Waals surface area contributed by atoms with Gasteiger partial charge in [0.2, 0.25) is 0 Å². The predicted octanol–water partition coefficient (Wildman–Crippen LogP) is 4.91. The molecule has 0 amide bonds. The molecule has 0 unspecified atom stereocenters. The standard InChI is InChI=1S/C15H20S/c1-3-12-5-6-13(11-12)7-8-15-10-9-14(4-2)16-15/h5-6,9-10H,3-4,7-8,11H2,1-2H3. The lowest BCUT2D eigenvalue weighted by Gasteiger charge is -2.02. The fourth-order valence-corrected chi connectivity index (χ4v) is 3.05. The Labute approximate surface area is 103 Å². The number of rotatable bonds is 5. The molecule has 2 rings (SSSR count). The lowest BCUT2D eigenvalue weighted by molar-refractivity contribution is 0.899. The molecule has 0 saturated carbocycles. The highest BCUT2D eigenvalue weighted by atomic mass is 32.1. The van der Waals surface area contributed by atoms with Crippen molar-refractivity contribution in [1.82, 2.24) is 0 Å². The van der Waals surface area contributed by atoms with Crippen LogP contribution >= 0.6 is 11.3 Å². The summed E-state index contributed by atoms with van der Waals surface area (Å²) in [6.07, 6.45) is 10.7. The van der Waals surface area contributed by atoms with Gasteiger partial charge < -0.3 is 0 Å². The lowest BCUT2D eigenvalue weighted by Crippen LogP contribution is -1.86. The van der Waals surface area contributed by atoms with Crippen molar-refractivity contribution < 1.29 is 0 Å². The Balaban J connectivity index is 1.81. The normalized spacial score (nSPS) is 15.1. The van der Waals surface area contributed by atoms with Gasteiger partial charge in [0, 0.05) is 9.75 Å². The van der Waals surface area contributed by atoms with Crippen LogP contribution in [-0.2, 0) is 12.8 Å². The van der Waals surface area contributed by atoms with Crippen molar-refractivity contribution in [2.75, 3.05) is 0 Å². The highest BCUT2D eigenvalue weighted by Crippen LogP contribution is 2.26. The van der Waals surface area contributed by atoms with Crippen LogP contribution in [0.15, 0.2) is 35.4 Å². The van der Waals surface area contributed by atoms with Crippen molar-refractivity contribution in [1.29, 1.82) is 0 Å². The average molecular weight is 232 g/mol. The molecule has 0 bridgehead atoms. The third kappa shape index (κ3) is 2.85. The Morgan fingerprint density at radius 3 is 2.31 bits per heavy atom. The van der Waals surface area contributed by atoms with E-state index < -0.39 is 0 Å². The molecule has 0 fully saturated rings. The van der Waals surface area contributed by atoms with E-state index in [2.05, 4.69) is 38.1 Å². The maximum atomic E-state index is 2.33. The second-order valence-electron chi connectivity index (χ2n) is 4.40. The molecule has 1 heteroatoms. The molecule has 0 saturated heterocycles. The molecule has 1 aliphatic carbocycles. The largest absolute Gasteiger partial charge is 0.145 e. The SMILES string of the molecule is CCC1=CC=C(CCc2ccc(CC)s2)C1. The zero-order chi connectivity index (χ0) is 11.4. The molecule has 0 radical (unpaired) electrons. The average Bonchev–Trinajstić information content (AvgIpc) is 2.95. The topological polar surface area (TPSA) is 0 Å². The van der Waals surface area contributed by atoms with Crippen LogP contribution in [0.3, 0.4) is 0 Å². The van der Waals surface area contributed by atoms with Crippen LogP contribution in [0.5, 0.6) is 0 Å². The smallest absolute Gasteiger partial charge is 0.00513 e. The van der Waals surface area contributed by atoms with Crippen molar-refractivity contribution in [3.05, 3.63) is 45.2 Å². The van der Waals surface area contributed by atoms with E-state index in [0.29, 0.717) is 0 Å². The van der Waals surface area contributed by atoms with E-state index in [9.17, 15) is 0 Å². The summed E-state index contributed by atoms with van der Waals surface area (Å²) < 4.78 is 0. The summed E-state index contributed by atoms with van der Waals surface area (Å²) in [5.41, 5.74) is 3.21. The Kier molecular flexibility index (Phi) is 4.00. The third-order valence-corrected chi connectivity index (χ3v) is 4.51. The molecule has 86 valence electrons. The lowest BCUT2D eigenvalue weighted by atomic mass is 10.1. The van der Waals surface area contributed by atoms with Gasteiger partial charge in [-0.3, -0.25) is 0 Å². The van der Waals surface area contributed by atoms with E-state index in [1.165, 1.54) is 37.0 Å². The van der Waals surface area contributed by atoms with E-state index in [1.54, 1.807) is 16.0 Å². The van der Waals surface area contributed by atoms with Crippen molar-refractivity contribution in [2.24, 2.45) is 0 Å². The zero-order valence-corrected chi connectivity index (χ0v) is 11.1. The van der Waals surface area contributed by atoms with Crippen molar-refractivity contribution >= 4 is 11.3 Å². The minimum Gasteiger partial charge on any atom is -0.145 e. The van der Waals surface area contributed by atoms with Gasteiger partial charge in [-0.2, -0.15) is 0 Å². The minimum atomic E-state index is 1.18. The molecule has 1 heterocycles. The summed E-state index contributed by atoms with van der Waals surface area (Å²) in [4.78, 5) is 3.06.